The number of hydrogen-bond donors (Lipinski definition) is 0. The van der Waals surface area contributed by atoms with Crippen molar-refractivity contribution in [2.24, 2.45) is 0 Å². The molecule has 0 aliphatic carbocycles. The second-order valence-electron chi connectivity index (χ2n) is 5.52. The summed E-state index contributed by atoms with van der Waals surface area (Å²) in [7, 11) is 4.85. The Kier molecular flexibility index (Phi) is 8.95. The Hall–Kier alpha value is -1.22. The summed E-state index contributed by atoms with van der Waals surface area (Å²) in [5.74, 6) is 2.28. The quantitative estimate of drug-likeness (QED) is 0.274. The summed E-state index contributed by atoms with van der Waals surface area (Å²) in [6.45, 7) is 0. The zero-order valence-corrected chi connectivity index (χ0v) is 17.0. The van der Waals surface area contributed by atoms with E-state index in [0.717, 1.165) is 23.6 Å². The molecule has 0 aromatic heterocycles. The van der Waals surface area contributed by atoms with E-state index in [1.165, 1.54) is 17.7 Å². The summed E-state index contributed by atoms with van der Waals surface area (Å²) in [4.78, 5) is 0. The first-order valence-electron chi connectivity index (χ1n) is 7.96. The maximum atomic E-state index is 12.5. The van der Waals surface area contributed by atoms with Gasteiger partial charge in [-0.1, -0.05) is 45.9 Å². The van der Waals surface area contributed by atoms with E-state index in [0.29, 0.717) is 11.3 Å². The van der Waals surface area contributed by atoms with Crippen molar-refractivity contribution in [1.29, 1.82) is 0 Å². The van der Waals surface area contributed by atoms with Crippen molar-refractivity contribution in [3.8, 4) is 5.75 Å². The molecule has 8 heteroatoms. The van der Waals surface area contributed by atoms with Crippen LogP contribution in [0.3, 0.4) is 0 Å². The summed E-state index contributed by atoms with van der Waals surface area (Å²) in [5, 5.41) is 1.89. The Morgan fingerprint density at radius 3 is 2.26 bits per heavy atom. The van der Waals surface area contributed by atoms with E-state index in [1.807, 2.05) is 35.7 Å². The molecule has 2 rings (SSSR count). The van der Waals surface area contributed by atoms with E-state index in [9.17, 15) is 17.7 Å². The fraction of sp³-hybridized carbons (Fsp3) is 0.263. The van der Waals surface area contributed by atoms with Gasteiger partial charge in [0.15, 0.2) is 0 Å². The molecule has 1 atom stereocenters. The van der Waals surface area contributed by atoms with Crippen LogP contribution in [0.25, 0.3) is 0 Å². The smallest absolute Gasteiger partial charge is 0.416 e. The van der Waals surface area contributed by atoms with E-state index >= 15 is 0 Å². The van der Waals surface area contributed by atoms with Crippen LogP contribution >= 0.6 is 21.6 Å². The highest BCUT2D eigenvalue weighted by molar-refractivity contribution is 8.77. The lowest BCUT2D eigenvalue weighted by atomic mass is 10.1. The lowest BCUT2D eigenvalue weighted by molar-refractivity contribution is -0.137. The van der Waals surface area contributed by atoms with E-state index in [4.69, 9.17) is 4.74 Å². The Balaban J connectivity index is 1.66. The van der Waals surface area contributed by atoms with Crippen LogP contribution < -0.4 is 4.74 Å². The second-order valence-corrected chi connectivity index (χ2v) is 9.30. The van der Waals surface area contributed by atoms with E-state index < -0.39 is 22.9 Å². The molecule has 1 unspecified atom stereocenters. The monoisotopic (exact) mass is 432 g/mol. The van der Waals surface area contributed by atoms with Gasteiger partial charge >= 0.3 is 6.18 Å². The van der Waals surface area contributed by atoms with Gasteiger partial charge in [0.1, 0.15) is 17.3 Å². The standard InChI is InChI=1S/C19H19F3O2S3/c1-24-18-9-5-15(6-10-18)13-26-25-11-2-12-27(23)14-16-3-7-17(8-4-16)19(20,21)22/h2-11H,12-14H2,1H3/b11-2+. The Morgan fingerprint density at radius 1 is 1.04 bits per heavy atom. The van der Waals surface area contributed by atoms with E-state index in [-0.39, 0.29) is 5.75 Å². The minimum atomic E-state index is -4.35. The third kappa shape index (κ3) is 8.13. The lowest BCUT2D eigenvalue weighted by Crippen LogP contribution is -2.09. The SMILES string of the molecule is COc1ccc(CSS/C=C/C[S+]([O-])Cc2ccc(C(F)(F)F)cc2)cc1. The van der Waals surface area contributed by atoms with Crippen molar-refractivity contribution < 1.29 is 22.5 Å². The molecule has 0 heterocycles. The number of hydrogen-bond acceptors (Lipinski definition) is 4. The predicted octanol–water partition coefficient (Wildman–Crippen LogP) is 6.06. The predicted molar refractivity (Wildman–Crippen MR) is 109 cm³/mol. The second kappa shape index (κ2) is 10.9. The fourth-order valence-electron chi connectivity index (χ4n) is 2.08. The van der Waals surface area contributed by atoms with Gasteiger partial charge in [0.2, 0.25) is 0 Å². The van der Waals surface area contributed by atoms with Crippen molar-refractivity contribution >= 4 is 32.8 Å². The third-order valence-electron chi connectivity index (χ3n) is 3.50. The molecule has 0 saturated heterocycles. The highest BCUT2D eigenvalue weighted by atomic mass is 33.1. The van der Waals surface area contributed by atoms with Crippen LogP contribution in [0.2, 0.25) is 0 Å². The summed E-state index contributed by atoms with van der Waals surface area (Å²) in [6.07, 6.45) is -2.52. The lowest BCUT2D eigenvalue weighted by Gasteiger charge is -2.10. The molecule has 0 amide bonds. The summed E-state index contributed by atoms with van der Waals surface area (Å²) >= 11 is -1.15. The van der Waals surface area contributed by atoms with Crippen molar-refractivity contribution in [3.05, 3.63) is 76.7 Å². The third-order valence-corrected chi connectivity index (χ3v) is 6.70. The Labute approximate surface area is 168 Å². The van der Waals surface area contributed by atoms with Crippen LogP contribution in [0, 0.1) is 0 Å². The highest BCUT2D eigenvalue weighted by Crippen LogP contribution is 2.29. The van der Waals surface area contributed by atoms with Gasteiger partial charge in [-0.15, -0.1) is 0 Å². The average Bonchev–Trinajstić information content (AvgIpc) is 2.64. The normalized spacial score (nSPS) is 13.1. The molecule has 0 saturated carbocycles. The number of ether oxygens (including phenoxy) is 1. The molecule has 0 N–H and O–H groups in total. The fourth-order valence-corrected chi connectivity index (χ4v) is 4.93. The number of rotatable bonds is 9. The molecular formula is C19H19F3O2S3. The van der Waals surface area contributed by atoms with E-state index in [2.05, 4.69) is 0 Å². The zero-order valence-electron chi connectivity index (χ0n) is 14.6. The minimum absolute atomic E-state index is 0.242. The molecule has 27 heavy (non-hydrogen) atoms. The van der Waals surface area contributed by atoms with Crippen molar-refractivity contribution in [2.45, 2.75) is 17.7 Å². The highest BCUT2D eigenvalue weighted by Gasteiger charge is 2.30. The summed E-state index contributed by atoms with van der Waals surface area (Å²) < 4.78 is 54.7. The molecule has 0 spiro atoms. The molecule has 0 aliphatic heterocycles. The van der Waals surface area contributed by atoms with Crippen LogP contribution in [0.15, 0.2) is 60.0 Å². The summed E-state index contributed by atoms with van der Waals surface area (Å²) in [5.41, 5.74) is 1.13. The number of halogens is 3. The topological polar surface area (TPSA) is 32.3 Å². The van der Waals surface area contributed by atoms with Crippen molar-refractivity contribution in [3.63, 3.8) is 0 Å². The molecule has 146 valence electrons. The number of benzene rings is 2. The van der Waals surface area contributed by atoms with Crippen molar-refractivity contribution in [1.82, 2.24) is 0 Å². The maximum absolute atomic E-state index is 12.5. The van der Waals surface area contributed by atoms with Crippen LogP contribution in [-0.4, -0.2) is 17.4 Å². The number of methoxy groups -OCH3 is 1. The van der Waals surface area contributed by atoms with E-state index in [1.54, 1.807) is 28.7 Å². The van der Waals surface area contributed by atoms with Crippen LogP contribution in [-0.2, 0) is 28.9 Å². The Bertz CT molecular complexity index is 716. The minimum Gasteiger partial charge on any atom is -0.616 e. The first kappa shape index (κ1) is 22.1. The maximum Gasteiger partial charge on any atom is 0.416 e. The van der Waals surface area contributed by atoms with Crippen LogP contribution in [0.1, 0.15) is 16.7 Å². The van der Waals surface area contributed by atoms with Crippen LogP contribution in [0.5, 0.6) is 5.75 Å². The molecule has 0 radical (unpaired) electrons. The largest absolute Gasteiger partial charge is 0.616 e. The van der Waals surface area contributed by atoms with Gasteiger partial charge in [-0.3, -0.25) is 0 Å². The molecule has 0 aliphatic rings. The van der Waals surface area contributed by atoms with Gasteiger partial charge < -0.3 is 9.29 Å². The molecule has 0 bridgehead atoms. The molecule has 2 aromatic carbocycles. The van der Waals surface area contributed by atoms with Crippen molar-refractivity contribution in [2.75, 3.05) is 12.9 Å². The van der Waals surface area contributed by atoms with Gasteiger partial charge in [0.05, 0.1) is 12.7 Å². The number of alkyl halides is 3. The van der Waals surface area contributed by atoms with Crippen LogP contribution in [0.4, 0.5) is 13.2 Å². The van der Waals surface area contributed by atoms with Gasteiger partial charge in [0, 0.05) is 11.3 Å². The molecular weight excluding hydrogens is 413 g/mol. The first-order chi connectivity index (χ1) is 12.9. The van der Waals surface area contributed by atoms with Gasteiger partial charge in [-0.25, -0.2) is 0 Å². The average molecular weight is 433 g/mol. The Morgan fingerprint density at radius 2 is 1.67 bits per heavy atom. The van der Waals surface area contributed by atoms with Gasteiger partial charge in [0.25, 0.3) is 0 Å². The molecule has 2 nitrogen and oxygen atoms in total. The zero-order chi connectivity index (χ0) is 19.7. The van der Waals surface area contributed by atoms with Gasteiger partial charge in [-0.05, 0) is 52.5 Å². The van der Waals surface area contributed by atoms with Gasteiger partial charge in [-0.2, -0.15) is 13.2 Å². The molecule has 0 fully saturated rings. The molecule has 2 aromatic rings. The summed E-state index contributed by atoms with van der Waals surface area (Å²) in [6, 6.07) is 12.7. The first-order valence-corrected chi connectivity index (χ1v) is 11.8.